The molecule has 1 aromatic heterocycles. The van der Waals surface area contributed by atoms with Crippen LogP contribution in [0.5, 0.6) is 0 Å². The number of nitrogens with zero attached hydrogens (tertiary/aromatic N) is 1. The lowest BCUT2D eigenvalue weighted by Crippen LogP contribution is -2.35. The third kappa shape index (κ3) is 2.16. The fraction of sp³-hybridized carbons (Fsp3) is 0.0625. The monoisotopic (exact) mass is 298 g/mol. The summed E-state index contributed by atoms with van der Waals surface area (Å²) in [5, 5.41) is 2.50. The van der Waals surface area contributed by atoms with Crippen LogP contribution in [0.3, 0.4) is 0 Å². The summed E-state index contributed by atoms with van der Waals surface area (Å²) in [6, 6.07) is 21.1. The lowest BCUT2D eigenvalue weighted by atomic mass is 10.1. The molecule has 3 rings (SSSR count). The summed E-state index contributed by atoms with van der Waals surface area (Å²) in [4.78, 5) is 0. The Morgan fingerprint density at radius 1 is 0.833 bits per heavy atom. The van der Waals surface area contributed by atoms with Crippen molar-refractivity contribution in [2.24, 2.45) is 0 Å². The highest BCUT2D eigenvalue weighted by molar-refractivity contribution is 9.10. The molecular weight excluding hydrogens is 286 g/mol. The molecule has 0 bridgehead atoms. The van der Waals surface area contributed by atoms with Crippen LogP contribution in [0.25, 0.3) is 10.8 Å². The van der Waals surface area contributed by atoms with Gasteiger partial charge in [-0.3, -0.25) is 0 Å². The van der Waals surface area contributed by atoms with Gasteiger partial charge in [-0.1, -0.05) is 48.5 Å². The zero-order valence-corrected chi connectivity index (χ0v) is 11.5. The van der Waals surface area contributed by atoms with Gasteiger partial charge in [0.05, 0.1) is 5.39 Å². The molecule has 0 N–H and O–H groups in total. The molecule has 0 amide bonds. The van der Waals surface area contributed by atoms with Crippen LogP contribution in [0.2, 0.25) is 0 Å². The summed E-state index contributed by atoms with van der Waals surface area (Å²) >= 11 is 3.70. The molecule has 0 aliphatic heterocycles. The van der Waals surface area contributed by atoms with Gasteiger partial charge < -0.3 is 0 Å². The average molecular weight is 299 g/mol. The molecule has 0 atom stereocenters. The van der Waals surface area contributed by atoms with Crippen LogP contribution in [0.1, 0.15) is 5.56 Å². The SMILES string of the molecule is Brc1c2ccccc2cc[n+]1Cc1ccccc1. The third-order valence-electron chi connectivity index (χ3n) is 3.06. The van der Waals surface area contributed by atoms with E-state index in [1.807, 2.05) is 6.07 Å². The van der Waals surface area contributed by atoms with E-state index in [2.05, 4.69) is 81.3 Å². The Balaban J connectivity index is 2.05. The molecule has 0 saturated carbocycles. The first-order valence-corrected chi connectivity index (χ1v) is 6.74. The van der Waals surface area contributed by atoms with E-state index in [1.54, 1.807) is 0 Å². The maximum Gasteiger partial charge on any atom is 0.256 e. The molecule has 88 valence electrons. The maximum atomic E-state index is 3.70. The van der Waals surface area contributed by atoms with Gasteiger partial charge in [-0.25, -0.2) is 0 Å². The lowest BCUT2D eigenvalue weighted by Gasteiger charge is -2.03. The highest BCUT2D eigenvalue weighted by Gasteiger charge is 2.12. The molecule has 0 aliphatic carbocycles. The second kappa shape index (κ2) is 4.91. The van der Waals surface area contributed by atoms with Crippen molar-refractivity contribution in [3.63, 3.8) is 0 Å². The van der Waals surface area contributed by atoms with Crippen LogP contribution in [0.4, 0.5) is 0 Å². The molecule has 0 fully saturated rings. The highest BCUT2D eigenvalue weighted by atomic mass is 79.9. The Kier molecular flexibility index (Phi) is 3.11. The number of pyridine rings is 1. The highest BCUT2D eigenvalue weighted by Crippen LogP contribution is 2.20. The first-order valence-electron chi connectivity index (χ1n) is 5.95. The molecular formula is C16H13BrN+. The van der Waals surface area contributed by atoms with E-state index in [0.29, 0.717) is 0 Å². The summed E-state index contributed by atoms with van der Waals surface area (Å²) in [7, 11) is 0. The smallest absolute Gasteiger partial charge is 0.188 e. The van der Waals surface area contributed by atoms with E-state index >= 15 is 0 Å². The predicted octanol–water partition coefficient (Wildman–Crippen LogP) is 3.94. The van der Waals surface area contributed by atoms with Crippen molar-refractivity contribution in [1.82, 2.24) is 0 Å². The number of benzene rings is 2. The number of halogens is 1. The first kappa shape index (κ1) is 11.4. The second-order valence-electron chi connectivity index (χ2n) is 4.31. The normalized spacial score (nSPS) is 10.7. The Hall–Kier alpha value is -1.67. The quantitative estimate of drug-likeness (QED) is 0.498. The predicted molar refractivity (Wildman–Crippen MR) is 77.4 cm³/mol. The van der Waals surface area contributed by atoms with Crippen LogP contribution in [-0.4, -0.2) is 0 Å². The molecule has 0 radical (unpaired) electrons. The minimum Gasteiger partial charge on any atom is -0.188 e. The van der Waals surface area contributed by atoms with Crippen molar-refractivity contribution < 1.29 is 4.57 Å². The van der Waals surface area contributed by atoms with Crippen molar-refractivity contribution >= 4 is 26.7 Å². The third-order valence-corrected chi connectivity index (χ3v) is 3.95. The largest absolute Gasteiger partial charge is 0.256 e. The van der Waals surface area contributed by atoms with Gasteiger partial charge in [0.15, 0.2) is 12.7 Å². The van der Waals surface area contributed by atoms with Gasteiger partial charge in [-0.2, -0.15) is 4.57 Å². The van der Waals surface area contributed by atoms with Crippen LogP contribution in [0, 0.1) is 0 Å². The molecule has 0 saturated heterocycles. The minimum absolute atomic E-state index is 0.881. The number of hydrogen-bond donors (Lipinski definition) is 0. The summed E-state index contributed by atoms with van der Waals surface area (Å²) < 4.78 is 3.35. The van der Waals surface area contributed by atoms with Crippen LogP contribution in [0.15, 0.2) is 71.5 Å². The van der Waals surface area contributed by atoms with Crippen molar-refractivity contribution in [3.8, 4) is 0 Å². The molecule has 0 spiro atoms. The number of fused-ring (bicyclic) bond motifs is 1. The van der Waals surface area contributed by atoms with E-state index in [0.717, 1.165) is 11.1 Å². The Labute approximate surface area is 115 Å². The van der Waals surface area contributed by atoms with E-state index in [1.165, 1.54) is 16.3 Å². The van der Waals surface area contributed by atoms with Crippen molar-refractivity contribution in [2.45, 2.75) is 6.54 Å². The van der Waals surface area contributed by atoms with E-state index in [9.17, 15) is 0 Å². The van der Waals surface area contributed by atoms with Crippen molar-refractivity contribution in [1.29, 1.82) is 0 Å². The maximum absolute atomic E-state index is 3.70. The molecule has 3 aromatic rings. The Bertz CT molecular complexity index is 677. The van der Waals surface area contributed by atoms with E-state index in [-0.39, 0.29) is 0 Å². The van der Waals surface area contributed by atoms with Gasteiger partial charge in [-0.15, -0.1) is 0 Å². The van der Waals surface area contributed by atoms with Gasteiger partial charge in [-0.05, 0) is 11.5 Å². The summed E-state index contributed by atoms with van der Waals surface area (Å²) in [5.41, 5.74) is 1.30. The van der Waals surface area contributed by atoms with Crippen molar-refractivity contribution in [3.05, 3.63) is 77.0 Å². The number of hydrogen-bond acceptors (Lipinski definition) is 0. The average Bonchev–Trinajstić information content (AvgIpc) is 2.43. The molecule has 0 unspecified atom stereocenters. The minimum atomic E-state index is 0.881. The van der Waals surface area contributed by atoms with Gasteiger partial charge in [0, 0.05) is 27.6 Å². The van der Waals surface area contributed by atoms with Crippen LogP contribution >= 0.6 is 15.9 Å². The molecule has 1 heterocycles. The first-order chi connectivity index (χ1) is 8.84. The fourth-order valence-electron chi connectivity index (χ4n) is 2.12. The van der Waals surface area contributed by atoms with Gasteiger partial charge in [0.1, 0.15) is 0 Å². The zero-order valence-electron chi connectivity index (χ0n) is 9.88. The summed E-state index contributed by atoms with van der Waals surface area (Å²) in [5.74, 6) is 0. The van der Waals surface area contributed by atoms with E-state index in [4.69, 9.17) is 0 Å². The molecule has 0 aliphatic rings. The topological polar surface area (TPSA) is 3.88 Å². The van der Waals surface area contributed by atoms with Gasteiger partial charge in [0.2, 0.25) is 0 Å². The molecule has 2 aromatic carbocycles. The Morgan fingerprint density at radius 2 is 1.56 bits per heavy atom. The fourth-order valence-corrected chi connectivity index (χ4v) is 2.73. The molecule has 18 heavy (non-hydrogen) atoms. The molecule has 1 nitrogen and oxygen atoms in total. The standard InChI is InChI=1S/C16H13BrN/c17-16-15-9-5-4-8-14(15)10-11-18(16)12-13-6-2-1-3-7-13/h1-11H,12H2/q+1. The second-order valence-corrected chi connectivity index (χ2v) is 5.06. The van der Waals surface area contributed by atoms with Crippen LogP contribution in [-0.2, 0) is 6.54 Å². The van der Waals surface area contributed by atoms with E-state index < -0.39 is 0 Å². The van der Waals surface area contributed by atoms with Gasteiger partial charge in [0.25, 0.3) is 4.60 Å². The lowest BCUT2D eigenvalue weighted by molar-refractivity contribution is -0.697. The Morgan fingerprint density at radius 3 is 2.39 bits per heavy atom. The number of rotatable bonds is 2. The van der Waals surface area contributed by atoms with Crippen molar-refractivity contribution in [2.75, 3.05) is 0 Å². The zero-order chi connectivity index (χ0) is 12.4. The number of aromatic nitrogens is 1. The summed E-state index contributed by atoms with van der Waals surface area (Å²) in [6.07, 6.45) is 2.12. The molecule has 2 heteroatoms. The van der Waals surface area contributed by atoms with Crippen LogP contribution < -0.4 is 4.57 Å². The summed E-state index contributed by atoms with van der Waals surface area (Å²) in [6.45, 7) is 0.881. The van der Waals surface area contributed by atoms with Gasteiger partial charge >= 0.3 is 0 Å².